The average molecular weight is 306 g/mol. The van der Waals surface area contributed by atoms with Crippen molar-refractivity contribution in [3.63, 3.8) is 0 Å². The highest BCUT2D eigenvalue weighted by molar-refractivity contribution is 6.08. The molecule has 1 aliphatic rings. The lowest BCUT2D eigenvalue weighted by atomic mass is 10.00. The maximum atomic E-state index is 12.6. The van der Waals surface area contributed by atoms with Gasteiger partial charge in [-0.25, -0.2) is 4.79 Å². The molecule has 0 bridgehead atoms. The molecule has 3 nitrogen and oxygen atoms in total. The molecular weight excluding hydrogens is 288 g/mol. The van der Waals surface area contributed by atoms with Crippen LogP contribution < -0.4 is 0 Å². The Balaban J connectivity index is 1.73. The van der Waals surface area contributed by atoms with Crippen molar-refractivity contribution < 1.29 is 14.3 Å². The van der Waals surface area contributed by atoms with Crippen molar-refractivity contribution in [2.75, 3.05) is 6.61 Å². The summed E-state index contributed by atoms with van der Waals surface area (Å²) >= 11 is 0. The Kier molecular flexibility index (Phi) is 3.72. The molecule has 3 heteroatoms. The third kappa shape index (κ3) is 2.80. The maximum absolute atomic E-state index is 12.6. The largest absolute Gasteiger partial charge is 0.432 e. The van der Waals surface area contributed by atoms with E-state index in [0.717, 1.165) is 35.4 Å². The van der Waals surface area contributed by atoms with Crippen LogP contribution in [0.3, 0.4) is 0 Å². The van der Waals surface area contributed by atoms with Crippen LogP contribution in [0.1, 0.15) is 29.6 Å². The van der Waals surface area contributed by atoms with E-state index in [0.29, 0.717) is 12.2 Å². The summed E-state index contributed by atoms with van der Waals surface area (Å²) in [5.74, 6) is -0.308. The van der Waals surface area contributed by atoms with Crippen LogP contribution in [-0.4, -0.2) is 18.9 Å². The molecule has 1 unspecified atom stereocenters. The van der Waals surface area contributed by atoms with Gasteiger partial charge in [-0.3, -0.25) is 0 Å². The molecular formula is C20H18O3. The topological polar surface area (TPSA) is 35.5 Å². The standard InChI is InChI=1S/C20H18O3/c21-20(23-19-10-3-4-11-22-19)17-9-5-8-16-12-14-6-1-2-7-15(14)13-18(16)17/h1-2,5-9,12-13,19H,3-4,10-11H2. The van der Waals surface area contributed by atoms with E-state index in [1.165, 1.54) is 5.39 Å². The van der Waals surface area contributed by atoms with Crippen molar-refractivity contribution in [2.45, 2.75) is 25.6 Å². The summed E-state index contributed by atoms with van der Waals surface area (Å²) in [5, 5.41) is 4.25. The first-order valence-electron chi connectivity index (χ1n) is 8.05. The second kappa shape index (κ2) is 6.01. The molecule has 3 aromatic rings. The van der Waals surface area contributed by atoms with Gasteiger partial charge in [-0.05, 0) is 52.6 Å². The third-order valence-electron chi connectivity index (χ3n) is 4.34. The predicted octanol–water partition coefficient (Wildman–Crippen LogP) is 4.68. The molecule has 4 rings (SSSR count). The van der Waals surface area contributed by atoms with Gasteiger partial charge in [0.25, 0.3) is 0 Å². The van der Waals surface area contributed by atoms with Gasteiger partial charge in [-0.15, -0.1) is 0 Å². The van der Waals surface area contributed by atoms with Crippen molar-refractivity contribution in [3.8, 4) is 0 Å². The van der Waals surface area contributed by atoms with Gasteiger partial charge in [0.05, 0.1) is 12.2 Å². The number of rotatable bonds is 2. The highest BCUT2D eigenvalue weighted by Gasteiger charge is 2.20. The fourth-order valence-corrected chi connectivity index (χ4v) is 3.13. The second-order valence-corrected chi connectivity index (χ2v) is 5.93. The predicted molar refractivity (Wildman–Crippen MR) is 90.5 cm³/mol. The first-order chi connectivity index (χ1) is 11.3. The summed E-state index contributed by atoms with van der Waals surface area (Å²) in [5.41, 5.74) is 0.599. The number of esters is 1. The number of hydrogen-bond donors (Lipinski definition) is 0. The van der Waals surface area contributed by atoms with E-state index in [4.69, 9.17) is 9.47 Å². The first kappa shape index (κ1) is 14.2. The SMILES string of the molecule is O=C(OC1CCCCO1)c1cccc2cc3ccccc3cc12. The summed E-state index contributed by atoms with van der Waals surface area (Å²) in [6.45, 7) is 0.665. The molecule has 0 N–H and O–H groups in total. The summed E-state index contributed by atoms with van der Waals surface area (Å²) in [7, 11) is 0. The number of carbonyl (C=O) groups excluding carboxylic acids is 1. The summed E-state index contributed by atoms with van der Waals surface area (Å²) < 4.78 is 11.0. The zero-order chi connectivity index (χ0) is 15.6. The molecule has 0 saturated carbocycles. The summed E-state index contributed by atoms with van der Waals surface area (Å²) in [4.78, 5) is 12.6. The lowest BCUT2D eigenvalue weighted by Gasteiger charge is -2.22. The molecule has 0 spiro atoms. The van der Waals surface area contributed by atoms with Gasteiger partial charge >= 0.3 is 5.97 Å². The van der Waals surface area contributed by atoms with Crippen molar-refractivity contribution in [1.82, 2.24) is 0 Å². The molecule has 1 saturated heterocycles. The summed E-state index contributed by atoms with van der Waals surface area (Å²) in [6.07, 6.45) is 2.44. The molecule has 0 amide bonds. The van der Waals surface area contributed by atoms with Gasteiger partial charge < -0.3 is 9.47 Å². The Labute approximate surface area is 134 Å². The molecule has 1 atom stereocenters. The molecule has 0 aromatic heterocycles. The van der Waals surface area contributed by atoms with E-state index in [2.05, 4.69) is 24.3 Å². The molecule has 23 heavy (non-hydrogen) atoms. The Bertz CT molecular complexity index is 863. The van der Waals surface area contributed by atoms with Crippen molar-refractivity contribution >= 4 is 27.5 Å². The van der Waals surface area contributed by atoms with E-state index in [1.807, 2.05) is 30.3 Å². The first-order valence-corrected chi connectivity index (χ1v) is 8.05. The fraction of sp³-hybridized carbons (Fsp3) is 0.250. The number of carbonyl (C=O) groups is 1. The van der Waals surface area contributed by atoms with Crippen molar-refractivity contribution in [3.05, 3.63) is 60.2 Å². The van der Waals surface area contributed by atoms with Gasteiger partial charge in [0.1, 0.15) is 0 Å². The third-order valence-corrected chi connectivity index (χ3v) is 4.34. The highest BCUT2D eigenvalue weighted by Crippen LogP contribution is 2.26. The maximum Gasteiger partial charge on any atom is 0.341 e. The zero-order valence-electron chi connectivity index (χ0n) is 12.8. The minimum atomic E-state index is -0.410. The molecule has 3 aromatic carbocycles. The molecule has 0 aliphatic carbocycles. The lowest BCUT2D eigenvalue weighted by molar-refractivity contribution is -0.130. The monoisotopic (exact) mass is 306 g/mol. The Morgan fingerprint density at radius 1 is 0.957 bits per heavy atom. The van der Waals surface area contributed by atoms with E-state index in [9.17, 15) is 4.79 Å². The zero-order valence-corrected chi connectivity index (χ0v) is 12.8. The number of fused-ring (bicyclic) bond motifs is 2. The van der Waals surface area contributed by atoms with Crippen LogP contribution in [0.15, 0.2) is 54.6 Å². The molecule has 1 heterocycles. The van der Waals surface area contributed by atoms with E-state index >= 15 is 0 Å². The number of benzene rings is 3. The van der Waals surface area contributed by atoms with Crippen LogP contribution >= 0.6 is 0 Å². The van der Waals surface area contributed by atoms with Crippen LogP contribution in [-0.2, 0) is 9.47 Å². The van der Waals surface area contributed by atoms with Crippen LogP contribution in [0.5, 0.6) is 0 Å². The Morgan fingerprint density at radius 2 is 1.74 bits per heavy atom. The normalized spacial score (nSPS) is 18.2. The van der Waals surface area contributed by atoms with Gasteiger partial charge in [0.15, 0.2) is 0 Å². The number of ether oxygens (including phenoxy) is 2. The van der Waals surface area contributed by atoms with Gasteiger partial charge in [-0.2, -0.15) is 0 Å². The highest BCUT2D eigenvalue weighted by atomic mass is 16.7. The smallest absolute Gasteiger partial charge is 0.341 e. The minimum Gasteiger partial charge on any atom is -0.432 e. The van der Waals surface area contributed by atoms with Crippen LogP contribution in [0.25, 0.3) is 21.5 Å². The Morgan fingerprint density at radius 3 is 2.52 bits per heavy atom. The van der Waals surface area contributed by atoms with Crippen molar-refractivity contribution in [2.24, 2.45) is 0 Å². The van der Waals surface area contributed by atoms with E-state index in [-0.39, 0.29) is 5.97 Å². The van der Waals surface area contributed by atoms with Crippen LogP contribution in [0, 0.1) is 0 Å². The van der Waals surface area contributed by atoms with Crippen LogP contribution in [0.2, 0.25) is 0 Å². The molecule has 1 fully saturated rings. The minimum absolute atomic E-state index is 0.308. The van der Waals surface area contributed by atoms with E-state index < -0.39 is 6.29 Å². The van der Waals surface area contributed by atoms with E-state index in [1.54, 1.807) is 0 Å². The number of hydrogen-bond acceptors (Lipinski definition) is 3. The molecule has 1 aliphatic heterocycles. The summed E-state index contributed by atoms with van der Waals surface area (Å²) in [6, 6.07) is 18.1. The second-order valence-electron chi connectivity index (χ2n) is 5.93. The fourth-order valence-electron chi connectivity index (χ4n) is 3.13. The lowest BCUT2D eigenvalue weighted by Crippen LogP contribution is -2.25. The Hall–Kier alpha value is -2.39. The molecule has 0 radical (unpaired) electrons. The van der Waals surface area contributed by atoms with Crippen molar-refractivity contribution in [1.29, 1.82) is 0 Å². The molecule has 116 valence electrons. The van der Waals surface area contributed by atoms with Gasteiger partial charge in [-0.1, -0.05) is 36.4 Å². The van der Waals surface area contributed by atoms with Gasteiger partial charge in [0, 0.05) is 6.42 Å². The van der Waals surface area contributed by atoms with Gasteiger partial charge in [0.2, 0.25) is 6.29 Å². The average Bonchev–Trinajstić information content (AvgIpc) is 2.60. The van der Waals surface area contributed by atoms with Crippen LogP contribution in [0.4, 0.5) is 0 Å². The quantitative estimate of drug-likeness (QED) is 0.509.